The fourth-order valence-electron chi connectivity index (χ4n) is 5.37. The van der Waals surface area contributed by atoms with Gasteiger partial charge >= 0.3 is 0 Å². The third kappa shape index (κ3) is 1.58. The van der Waals surface area contributed by atoms with E-state index in [1.54, 1.807) is 0 Å². The zero-order valence-electron chi connectivity index (χ0n) is 12.6. The van der Waals surface area contributed by atoms with Gasteiger partial charge in [-0.2, -0.15) is 5.06 Å². The maximum atomic E-state index is 6.19. The van der Waals surface area contributed by atoms with E-state index in [0.29, 0.717) is 17.0 Å². The second-order valence-corrected chi connectivity index (χ2v) is 7.57. The summed E-state index contributed by atoms with van der Waals surface area (Å²) in [6.07, 6.45) is 6.46. The molecule has 2 nitrogen and oxygen atoms in total. The van der Waals surface area contributed by atoms with Crippen molar-refractivity contribution in [3.05, 3.63) is 35.9 Å². The van der Waals surface area contributed by atoms with Crippen molar-refractivity contribution in [1.82, 2.24) is 5.06 Å². The van der Waals surface area contributed by atoms with Gasteiger partial charge in [0.1, 0.15) is 0 Å². The normalized spacial score (nSPS) is 38.9. The van der Waals surface area contributed by atoms with Gasteiger partial charge in [0.05, 0.1) is 12.1 Å². The molecular weight excluding hydrogens is 246 g/mol. The Kier molecular flexibility index (Phi) is 2.77. The monoisotopic (exact) mass is 271 g/mol. The van der Waals surface area contributed by atoms with Crippen LogP contribution in [0, 0.1) is 11.3 Å². The van der Waals surface area contributed by atoms with Gasteiger partial charge < -0.3 is 0 Å². The Labute approximate surface area is 122 Å². The minimum absolute atomic E-state index is 0.326. The summed E-state index contributed by atoms with van der Waals surface area (Å²) in [6.45, 7) is 5.89. The largest absolute Gasteiger partial charge is 0.298 e. The Bertz CT molecular complexity index is 497. The Balaban J connectivity index is 1.64. The van der Waals surface area contributed by atoms with Crippen molar-refractivity contribution in [3.8, 4) is 0 Å². The minimum atomic E-state index is 0.326. The van der Waals surface area contributed by atoms with Crippen LogP contribution in [0.3, 0.4) is 0 Å². The minimum Gasteiger partial charge on any atom is -0.298 e. The maximum absolute atomic E-state index is 6.19. The molecule has 2 heteroatoms. The molecule has 1 aliphatic carbocycles. The number of nitrogens with zero attached hydrogens (tertiary/aromatic N) is 1. The molecule has 2 saturated heterocycles. The molecule has 20 heavy (non-hydrogen) atoms. The standard InChI is InChI=1S/C18H25NO/c1-17(2)12-16(11-14-7-4-3-5-8-14)19-18(17)10-6-9-15(18)13-20-19/h3-5,7-8,15-16H,6,9-13H2,1-2H3/t15-,16-,18-/m0/s1. The van der Waals surface area contributed by atoms with Gasteiger partial charge in [-0.25, -0.2) is 0 Å². The first-order valence-corrected chi connectivity index (χ1v) is 8.10. The third-order valence-corrected chi connectivity index (χ3v) is 6.16. The highest BCUT2D eigenvalue weighted by Crippen LogP contribution is 2.62. The molecule has 3 fully saturated rings. The third-order valence-electron chi connectivity index (χ3n) is 6.16. The Morgan fingerprint density at radius 3 is 2.85 bits per heavy atom. The predicted molar refractivity (Wildman–Crippen MR) is 80.2 cm³/mol. The SMILES string of the molecule is CC1(C)C[C@H](Cc2ccccc2)N2OC[C@@H]3CCC[C@@]321. The molecule has 0 radical (unpaired) electrons. The van der Waals surface area contributed by atoms with Gasteiger partial charge in [-0.15, -0.1) is 0 Å². The summed E-state index contributed by atoms with van der Waals surface area (Å²) >= 11 is 0. The Morgan fingerprint density at radius 1 is 1.25 bits per heavy atom. The van der Waals surface area contributed by atoms with Crippen LogP contribution in [0.4, 0.5) is 0 Å². The number of hydroxylamine groups is 2. The zero-order valence-corrected chi connectivity index (χ0v) is 12.6. The van der Waals surface area contributed by atoms with Crippen LogP contribution in [0.1, 0.15) is 45.1 Å². The van der Waals surface area contributed by atoms with E-state index < -0.39 is 0 Å². The molecule has 3 atom stereocenters. The lowest BCUT2D eigenvalue weighted by Crippen LogP contribution is -2.50. The fourth-order valence-corrected chi connectivity index (χ4v) is 5.37. The van der Waals surface area contributed by atoms with Gasteiger partial charge in [-0.1, -0.05) is 50.6 Å². The van der Waals surface area contributed by atoms with Gasteiger partial charge in [0, 0.05) is 12.0 Å². The highest BCUT2D eigenvalue weighted by Gasteiger charge is 2.66. The summed E-state index contributed by atoms with van der Waals surface area (Å²) in [7, 11) is 0. The molecule has 0 aromatic heterocycles. The zero-order chi connectivity index (χ0) is 13.8. The summed E-state index contributed by atoms with van der Waals surface area (Å²) in [6, 6.07) is 11.4. The van der Waals surface area contributed by atoms with Crippen molar-refractivity contribution in [3.63, 3.8) is 0 Å². The van der Waals surface area contributed by atoms with Gasteiger partial charge in [-0.3, -0.25) is 4.84 Å². The Morgan fingerprint density at radius 2 is 2.05 bits per heavy atom. The maximum Gasteiger partial charge on any atom is 0.0732 e. The molecular formula is C18H25NO. The molecule has 1 aromatic carbocycles. The second kappa shape index (κ2) is 4.32. The van der Waals surface area contributed by atoms with Crippen LogP contribution in [0.25, 0.3) is 0 Å². The molecule has 1 aromatic rings. The topological polar surface area (TPSA) is 12.5 Å². The van der Waals surface area contributed by atoms with Crippen molar-refractivity contribution in [2.24, 2.45) is 11.3 Å². The number of hydrogen-bond donors (Lipinski definition) is 0. The lowest BCUT2D eigenvalue weighted by molar-refractivity contribution is -0.179. The van der Waals surface area contributed by atoms with Gasteiger partial charge in [0.25, 0.3) is 0 Å². The summed E-state index contributed by atoms with van der Waals surface area (Å²) in [5.41, 5.74) is 2.15. The fraction of sp³-hybridized carbons (Fsp3) is 0.667. The van der Waals surface area contributed by atoms with Gasteiger partial charge in [0.2, 0.25) is 0 Å². The van der Waals surface area contributed by atoms with Gasteiger partial charge in [-0.05, 0) is 36.7 Å². The first-order chi connectivity index (χ1) is 9.63. The van der Waals surface area contributed by atoms with Crippen LogP contribution in [0.2, 0.25) is 0 Å². The van der Waals surface area contributed by atoms with Crippen molar-refractivity contribution in [2.75, 3.05) is 6.61 Å². The highest BCUT2D eigenvalue weighted by molar-refractivity contribution is 5.21. The quantitative estimate of drug-likeness (QED) is 0.811. The van der Waals surface area contributed by atoms with E-state index in [-0.39, 0.29) is 0 Å². The summed E-state index contributed by atoms with van der Waals surface area (Å²) in [4.78, 5) is 6.19. The Hall–Kier alpha value is -0.860. The molecule has 0 amide bonds. The number of benzene rings is 1. The van der Waals surface area contributed by atoms with E-state index in [0.717, 1.165) is 18.9 Å². The van der Waals surface area contributed by atoms with E-state index in [1.807, 2.05) is 0 Å². The van der Waals surface area contributed by atoms with Crippen molar-refractivity contribution in [2.45, 2.75) is 57.5 Å². The van der Waals surface area contributed by atoms with E-state index in [1.165, 1.54) is 31.2 Å². The summed E-state index contributed by atoms with van der Waals surface area (Å²) < 4.78 is 0. The molecule has 2 aliphatic heterocycles. The van der Waals surface area contributed by atoms with Gasteiger partial charge in [0.15, 0.2) is 0 Å². The molecule has 1 spiro atoms. The molecule has 108 valence electrons. The lowest BCUT2D eigenvalue weighted by atomic mass is 9.68. The summed E-state index contributed by atoms with van der Waals surface area (Å²) in [5, 5.41) is 2.44. The number of rotatable bonds is 2. The first kappa shape index (κ1) is 12.8. The van der Waals surface area contributed by atoms with Crippen LogP contribution in [0.15, 0.2) is 30.3 Å². The first-order valence-electron chi connectivity index (χ1n) is 8.10. The van der Waals surface area contributed by atoms with Crippen molar-refractivity contribution in [1.29, 1.82) is 0 Å². The van der Waals surface area contributed by atoms with Crippen LogP contribution in [0.5, 0.6) is 0 Å². The van der Waals surface area contributed by atoms with Crippen LogP contribution >= 0.6 is 0 Å². The average molecular weight is 271 g/mol. The average Bonchev–Trinajstić information content (AvgIpc) is 3.02. The highest BCUT2D eigenvalue weighted by atomic mass is 16.7. The molecule has 4 rings (SSSR count). The summed E-state index contributed by atoms with van der Waals surface area (Å²) in [5.74, 6) is 0.762. The molecule has 0 unspecified atom stereocenters. The smallest absolute Gasteiger partial charge is 0.0732 e. The van der Waals surface area contributed by atoms with Crippen molar-refractivity contribution < 1.29 is 4.84 Å². The second-order valence-electron chi connectivity index (χ2n) is 7.57. The van der Waals surface area contributed by atoms with Crippen molar-refractivity contribution >= 4 is 0 Å². The molecule has 2 heterocycles. The van der Waals surface area contributed by atoms with E-state index in [9.17, 15) is 0 Å². The lowest BCUT2D eigenvalue weighted by Gasteiger charge is -2.41. The molecule has 0 bridgehead atoms. The van der Waals surface area contributed by atoms with Crippen LogP contribution < -0.4 is 0 Å². The van der Waals surface area contributed by atoms with E-state index >= 15 is 0 Å². The van der Waals surface area contributed by atoms with Crippen LogP contribution in [-0.4, -0.2) is 23.3 Å². The predicted octanol–water partition coefficient (Wildman–Crippen LogP) is 3.81. The van der Waals surface area contributed by atoms with Crippen LogP contribution in [-0.2, 0) is 11.3 Å². The molecule has 1 saturated carbocycles. The molecule has 3 aliphatic rings. The van der Waals surface area contributed by atoms with E-state index in [2.05, 4.69) is 49.2 Å². The van der Waals surface area contributed by atoms with E-state index in [4.69, 9.17) is 4.84 Å². The number of hydrogen-bond acceptors (Lipinski definition) is 2. The molecule has 0 N–H and O–H groups in total.